The van der Waals surface area contributed by atoms with E-state index in [9.17, 15) is 14.4 Å². The van der Waals surface area contributed by atoms with Gasteiger partial charge in [-0.1, -0.05) is 49.7 Å². The summed E-state index contributed by atoms with van der Waals surface area (Å²) < 4.78 is 1.85. The van der Waals surface area contributed by atoms with Crippen molar-refractivity contribution in [2.75, 3.05) is 19.6 Å². The lowest BCUT2D eigenvalue weighted by Crippen LogP contribution is -2.56. The number of carbonyl (C=O) groups is 2. The maximum atomic E-state index is 13.2. The van der Waals surface area contributed by atoms with Gasteiger partial charge in [0.1, 0.15) is 6.04 Å². The van der Waals surface area contributed by atoms with Gasteiger partial charge in [-0.2, -0.15) is 0 Å². The number of benzene rings is 1. The molecule has 0 saturated carbocycles. The number of aromatic nitrogens is 1. The molecule has 0 aliphatic carbocycles. The van der Waals surface area contributed by atoms with Crippen molar-refractivity contribution in [3.63, 3.8) is 0 Å². The molecule has 1 saturated heterocycles. The molecule has 7 nitrogen and oxygen atoms in total. The van der Waals surface area contributed by atoms with E-state index >= 15 is 0 Å². The average Bonchev–Trinajstić information content (AvgIpc) is 2.80. The van der Waals surface area contributed by atoms with Crippen molar-refractivity contribution in [2.24, 2.45) is 5.92 Å². The van der Waals surface area contributed by atoms with Gasteiger partial charge in [0.05, 0.1) is 0 Å². The van der Waals surface area contributed by atoms with E-state index in [-0.39, 0.29) is 29.3 Å². The van der Waals surface area contributed by atoms with Crippen molar-refractivity contribution in [3.8, 4) is 0 Å². The fourth-order valence-corrected chi connectivity index (χ4v) is 4.87. The van der Waals surface area contributed by atoms with Gasteiger partial charge >= 0.3 is 6.03 Å². The van der Waals surface area contributed by atoms with E-state index in [4.69, 9.17) is 0 Å². The molecule has 2 N–H and O–H groups in total. The van der Waals surface area contributed by atoms with E-state index in [1.807, 2.05) is 45.9 Å². The summed E-state index contributed by atoms with van der Waals surface area (Å²) in [4.78, 5) is 40.1. The van der Waals surface area contributed by atoms with Crippen molar-refractivity contribution in [1.82, 2.24) is 20.1 Å². The maximum Gasteiger partial charge on any atom is 0.318 e. The number of carbonyl (C=O) groups excluding carboxylic acids is 2. The fraction of sp³-hybridized carbons (Fsp3) is 0.480. The molecule has 0 spiro atoms. The van der Waals surface area contributed by atoms with Crippen LogP contribution in [0.3, 0.4) is 0 Å². The van der Waals surface area contributed by atoms with Gasteiger partial charge in [-0.3, -0.25) is 9.59 Å². The SMILES string of the molecule is CCCCNC(=O)[C@H](Cc1ccccc1)NC(=O)N1C[C@@H]2C[C@@H](C1)c1cccc(=O)n1C2. The molecule has 0 radical (unpaired) electrons. The zero-order chi connectivity index (χ0) is 22.5. The zero-order valence-electron chi connectivity index (χ0n) is 18.6. The Hall–Kier alpha value is -3.09. The van der Waals surface area contributed by atoms with Gasteiger partial charge in [-0.15, -0.1) is 0 Å². The van der Waals surface area contributed by atoms with Gasteiger partial charge in [0.2, 0.25) is 5.91 Å². The molecule has 3 amide bonds. The van der Waals surface area contributed by atoms with Crippen molar-refractivity contribution < 1.29 is 9.59 Å². The molecule has 7 heteroatoms. The fourth-order valence-electron chi connectivity index (χ4n) is 4.87. The number of likely N-dealkylation sites (tertiary alicyclic amines) is 1. The molecule has 4 rings (SSSR count). The second-order valence-electron chi connectivity index (χ2n) is 8.94. The minimum atomic E-state index is -0.626. The number of pyridine rings is 1. The monoisotopic (exact) mass is 436 g/mol. The number of urea groups is 1. The molecule has 2 aliphatic heterocycles. The Labute approximate surface area is 188 Å². The summed E-state index contributed by atoms with van der Waals surface area (Å²) in [5.41, 5.74) is 2.04. The molecular weight excluding hydrogens is 404 g/mol. The topological polar surface area (TPSA) is 83.4 Å². The number of amides is 3. The van der Waals surface area contributed by atoms with Crippen LogP contribution in [0.1, 0.15) is 43.4 Å². The predicted octanol–water partition coefficient (Wildman–Crippen LogP) is 2.50. The number of fused-ring (bicyclic) bond motifs is 4. The Balaban J connectivity index is 1.45. The highest BCUT2D eigenvalue weighted by molar-refractivity contribution is 5.87. The van der Waals surface area contributed by atoms with Crippen LogP contribution in [0.15, 0.2) is 53.3 Å². The first-order valence-electron chi connectivity index (χ1n) is 11.6. The molecule has 0 unspecified atom stereocenters. The third-order valence-corrected chi connectivity index (χ3v) is 6.49. The van der Waals surface area contributed by atoms with Crippen LogP contribution in [0.5, 0.6) is 0 Å². The summed E-state index contributed by atoms with van der Waals surface area (Å²) in [5, 5.41) is 5.95. The highest BCUT2D eigenvalue weighted by Crippen LogP contribution is 2.34. The molecule has 32 heavy (non-hydrogen) atoms. The third kappa shape index (κ3) is 5.03. The highest BCUT2D eigenvalue weighted by Gasteiger charge is 2.37. The number of piperidine rings is 1. The minimum absolute atomic E-state index is 0.0294. The van der Waals surface area contributed by atoms with Gasteiger partial charge in [0.25, 0.3) is 5.56 Å². The lowest BCUT2D eigenvalue weighted by molar-refractivity contribution is -0.122. The Bertz CT molecular complexity index is 1000. The van der Waals surface area contributed by atoms with Gasteiger partial charge in [0, 0.05) is 50.3 Å². The number of unbranched alkanes of at least 4 members (excludes halogenated alkanes) is 1. The Morgan fingerprint density at radius 1 is 1.06 bits per heavy atom. The summed E-state index contributed by atoms with van der Waals surface area (Å²) in [6.07, 6.45) is 3.34. The number of nitrogens with one attached hydrogen (secondary N) is 2. The van der Waals surface area contributed by atoms with Gasteiger partial charge < -0.3 is 20.1 Å². The first-order valence-corrected chi connectivity index (χ1v) is 11.6. The van der Waals surface area contributed by atoms with Gasteiger partial charge in [-0.05, 0) is 30.4 Å². The largest absolute Gasteiger partial charge is 0.354 e. The molecule has 1 fully saturated rings. The molecule has 2 aromatic rings. The maximum absolute atomic E-state index is 13.2. The minimum Gasteiger partial charge on any atom is -0.354 e. The van der Waals surface area contributed by atoms with Crippen LogP contribution in [0.25, 0.3) is 0 Å². The average molecular weight is 437 g/mol. The van der Waals surface area contributed by atoms with E-state index in [0.29, 0.717) is 32.6 Å². The van der Waals surface area contributed by atoms with Crippen LogP contribution in [0.2, 0.25) is 0 Å². The third-order valence-electron chi connectivity index (χ3n) is 6.49. The summed E-state index contributed by atoms with van der Waals surface area (Å²) in [6.45, 7) is 4.48. The number of nitrogens with zero attached hydrogens (tertiary/aromatic N) is 2. The molecule has 170 valence electrons. The van der Waals surface area contributed by atoms with Crippen LogP contribution >= 0.6 is 0 Å². The molecule has 1 aromatic carbocycles. The van der Waals surface area contributed by atoms with Gasteiger partial charge in [-0.25, -0.2) is 4.79 Å². The van der Waals surface area contributed by atoms with Crippen molar-refractivity contribution in [2.45, 2.75) is 51.1 Å². The Kier molecular flexibility index (Phi) is 6.93. The van der Waals surface area contributed by atoms with Crippen LogP contribution in [0, 0.1) is 5.92 Å². The first-order chi connectivity index (χ1) is 15.5. The number of rotatable bonds is 7. The summed E-state index contributed by atoms with van der Waals surface area (Å²) in [7, 11) is 0. The van der Waals surface area contributed by atoms with Crippen LogP contribution in [-0.2, 0) is 17.8 Å². The van der Waals surface area contributed by atoms with E-state index in [1.54, 1.807) is 12.1 Å². The van der Waals surface area contributed by atoms with Crippen LogP contribution in [0.4, 0.5) is 4.79 Å². The quantitative estimate of drug-likeness (QED) is 0.654. The normalized spacial score (nSPS) is 20.2. The second kappa shape index (κ2) is 10.0. The molecular formula is C25H32N4O3. The summed E-state index contributed by atoms with van der Waals surface area (Å²) >= 11 is 0. The summed E-state index contributed by atoms with van der Waals surface area (Å²) in [5.74, 6) is 0.246. The summed E-state index contributed by atoms with van der Waals surface area (Å²) in [6, 6.07) is 14.3. The van der Waals surface area contributed by atoms with Crippen molar-refractivity contribution >= 4 is 11.9 Å². The smallest absolute Gasteiger partial charge is 0.318 e. The van der Waals surface area contributed by atoms with Crippen LogP contribution < -0.4 is 16.2 Å². The lowest BCUT2D eigenvalue weighted by Gasteiger charge is -2.43. The number of hydrogen-bond donors (Lipinski definition) is 2. The van der Waals surface area contributed by atoms with Crippen LogP contribution in [-0.4, -0.2) is 47.1 Å². The zero-order valence-corrected chi connectivity index (χ0v) is 18.6. The molecule has 2 bridgehead atoms. The second-order valence-corrected chi connectivity index (χ2v) is 8.94. The molecule has 2 aliphatic rings. The molecule has 3 heterocycles. The Morgan fingerprint density at radius 2 is 1.88 bits per heavy atom. The highest BCUT2D eigenvalue weighted by atomic mass is 16.2. The van der Waals surface area contributed by atoms with E-state index in [2.05, 4.69) is 17.6 Å². The van der Waals surface area contributed by atoms with Crippen molar-refractivity contribution in [1.29, 1.82) is 0 Å². The molecule has 1 aromatic heterocycles. The van der Waals surface area contributed by atoms with Crippen molar-refractivity contribution in [3.05, 3.63) is 70.1 Å². The standard InChI is InChI=1S/C25H32N4O3/c1-2-3-12-26-24(31)21(14-18-8-5-4-6-9-18)27-25(32)28-15-19-13-20(17-28)22-10-7-11-23(30)29(22)16-19/h4-11,19-21H,2-3,12-17H2,1H3,(H,26,31)(H,27,32)/t19-,20-,21-/m0/s1. The van der Waals surface area contributed by atoms with E-state index < -0.39 is 6.04 Å². The van der Waals surface area contributed by atoms with Gasteiger partial charge in [0.15, 0.2) is 0 Å². The first kappa shape index (κ1) is 22.1. The van der Waals surface area contributed by atoms with E-state index in [1.165, 1.54) is 0 Å². The molecule has 3 atom stereocenters. The lowest BCUT2D eigenvalue weighted by atomic mass is 9.83. The predicted molar refractivity (Wildman–Crippen MR) is 124 cm³/mol. The van der Waals surface area contributed by atoms with E-state index in [0.717, 1.165) is 30.5 Å². The number of hydrogen-bond acceptors (Lipinski definition) is 3. The Morgan fingerprint density at radius 3 is 2.66 bits per heavy atom.